The molecule has 44 heavy (non-hydrogen) atoms. The standard InChI is InChI=1S/C34H36FN3O5S/c1-3-37-44(41,42)30-20-15-25(16-21-30)17-22-32(39)38(24-26-13-18-29(35)19-14-26)33(27-9-5-4-6-10-27)34(40)36-23-28-11-7-8-12-31(28)43-2/h4-16,18-21,33,37H,3,17,22-24H2,1-2H3,(H,36,40). The van der Waals surface area contributed by atoms with Gasteiger partial charge in [-0.15, -0.1) is 0 Å². The second kappa shape index (κ2) is 15.3. The monoisotopic (exact) mass is 617 g/mol. The maximum atomic E-state index is 13.9. The number of ether oxygens (including phenoxy) is 1. The van der Waals surface area contributed by atoms with Crippen LogP contribution in [0, 0.1) is 5.82 Å². The van der Waals surface area contributed by atoms with Crippen molar-refractivity contribution in [3.8, 4) is 5.75 Å². The summed E-state index contributed by atoms with van der Waals surface area (Å²) in [5.41, 5.74) is 2.84. The predicted molar refractivity (Wildman–Crippen MR) is 167 cm³/mol. The lowest BCUT2D eigenvalue weighted by Gasteiger charge is -2.32. The number of rotatable bonds is 14. The van der Waals surface area contributed by atoms with Gasteiger partial charge in [-0.1, -0.05) is 79.7 Å². The molecule has 0 aliphatic rings. The van der Waals surface area contributed by atoms with E-state index in [1.54, 1.807) is 62.6 Å². The van der Waals surface area contributed by atoms with Gasteiger partial charge < -0.3 is 15.0 Å². The van der Waals surface area contributed by atoms with Gasteiger partial charge in [0.1, 0.15) is 17.6 Å². The smallest absolute Gasteiger partial charge is 0.247 e. The van der Waals surface area contributed by atoms with Gasteiger partial charge in [-0.3, -0.25) is 9.59 Å². The first kappa shape index (κ1) is 32.4. The van der Waals surface area contributed by atoms with E-state index >= 15 is 0 Å². The van der Waals surface area contributed by atoms with Crippen molar-refractivity contribution in [1.82, 2.24) is 14.9 Å². The van der Waals surface area contributed by atoms with Crippen LogP contribution in [0.15, 0.2) is 108 Å². The second-order valence-electron chi connectivity index (χ2n) is 10.1. The molecule has 2 N–H and O–H groups in total. The number of carbonyl (C=O) groups excluding carboxylic acids is 2. The van der Waals surface area contributed by atoms with Gasteiger partial charge in [0.25, 0.3) is 0 Å². The normalized spacial score (nSPS) is 11.9. The van der Waals surface area contributed by atoms with Crippen molar-refractivity contribution in [1.29, 1.82) is 0 Å². The number of benzene rings is 4. The Labute approximate surface area is 257 Å². The van der Waals surface area contributed by atoms with Crippen molar-refractivity contribution < 1.29 is 27.1 Å². The van der Waals surface area contributed by atoms with Crippen LogP contribution < -0.4 is 14.8 Å². The van der Waals surface area contributed by atoms with Crippen LogP contribution in [0.3, 0.4) is 0 Å². The fourth-order valence-electron chi connectivity index (χ4n) is 4.85. The molecule has 230 valence electrons. The third kappa shape index (κ3) is 8.52. The number of sulfonamides is 1. The van der Waals surface area contributed by atoms with Crippen molar-refractivity contribution in [3.63, 3.8) is 0 Å². The molecular weight excluding hydrogens is 581 g/mol. The highest BCUT2D eigenvalue weighted by molar-refractivity contribution is 7.89. The van der Waals surface area contributed by atoms with Gasteiger partial charge in [-0.25, -0.2) is 17.5 Å². The Balaban J connectivity index is 1.61. The van der Waals surface area contributed by atoms with Gasteiger partial charge >= 0.3 is 0 Å². The molecule has 0 fully saturated rings. The fraction of sp³-hybridized carbons (Fsp3) is 0.235. The summed E-state index contributed by atoms with van der Waals surface area (Å²) in [6.45, 7) is 2.24. The maximum Gasteiger partial charge on any atom is 0.247 e. The lowest BCUT2D eigenvalue weighted by molar-refractivity contribution is -0.141. The minimum Gasteiger partial charge on any atom is -0.496 e. The summed E-state index contributed by atoms with van der Waals surface area (Å²) >= 11 is 0. The lowest BCUT2D eigenvalue weighted by Crippen LogP contribution is -2.43. The number of hydrogen-bond acceptors (Lipinski definition) is 5. The Bertz CT molecular complexity index is 1650. The Hall–Kier alpha value is -4.54. The molecule has 0 aromatic heterocycles. The van der Waals surface area contributed by atoms with Crippen molar-refractivity contribution in [2.24, 2.45) is 0 Å². The third-order valence-corrected chi connectivity index (χ3v) is 8.66. The second-order valence-corrected chi connectivity index (χ2v) is 11.9. The van der Waals surface area contributed by atoms with Gasteiger partial charge in [0.2, 0.25) is 21.8 Å². The molecule has 4 aromatic carbocycles. The van der Waals surface area contributed by atoms with Crippen LogP contribution in [0.5, 0.6) is 5.75 Å². The molecule has 1 unspecified atom stereocenters. The summed E-state index contributed by atoms with van der Waals surface area (Å²) < 4.78 is 46.2. The Morgan fingerprint density at radius 2 is 1.50 bits per heavy atom. The van der Waals surface area contributed by atoms with Crippen LogP contribution in [0.2, 0.25) is 0 Å². The number of aryl methyl sites for hydroxylation is 1. The molecule has 0 heterocycles. The summed E-state index contributed by atoms with van der Waals surface area (Å²) in [5.74, 6) is -0.441. The Morgan fingerprint density at radius 3 is 2.16 bits per heavy atom. The summed E-state index contributed by atoms with van der Waals surface area (Å²) in [6, 6.07) is 27.6. The third-order valence-electron chi connectivity index (χ3n) is 7.10. The summed E-state index contributed by atoms with van der Waals surface area (Å²) in [4.78, 5) is 29.5. The molecule has 0 spiro atoms. The Morgan fingerprint density at radius 1 is 0.864 bits per heavy atom. The number of carbonyl (C=O) groups is 2. The number of halogens is 1. The van der Waals surface area contributed by atoms with E-state index in [0.717, 1.165) is 11.1 Å². The zero-order chi connectivity index (χ0) is 31.5. The minimum atomic E-state index is -3.60. The average molecular weight is 618 g/mol. The van der Waals surface area contributed by atoms with Crippen LogP contribution in [0.1, 0.15) is 41.6 Å². The summed E-state index contributed by atoms with van der Waals surface area (Å²) in [6.07, 6.45) is 0.383. The van der Waals surface area contributed by atoms with E-state index in [2.05, 4.69) is 10.0 Å². The first-order valence-electron chi connectivity index (χ1n) is 14.3. The quantitative estimate of drug-likeness (QED) is 0.204. The highest BCUT2D eigenvalue weighted by Gasteiger charge is 2.31. The fourth-order valence-corrected chi connectivity index (χ4v) is 5.89. The number of para-hydroxylation sites is 1. The molecule has 0 saturated carbocycles. The van der Waals surface area contributed by atoms with Crippen molar-refractivity contribution in [2.45, 2.75) is 43.8 Å². The largest absolute Gasteiger partial charge is 0.496 e. The molecule has 0 bridgehead atoms. The van der Waals surface area contributed by atoms with Crippen LogP contribution in [0.4, 0.5) is 4.39 Å². The highest BCUT2D eigenvalue weighted by atomic mass is 32.2. The Kier molecular flexibility index (Phi) is 11.2. The van der Waals surface area contributed by atoms with Crippen molar-refractivity contribution in [3.05, 3.63) is 131 Å². The average Bonchev–Trinajstić information content (AvgIpc) is 3.04. The first-order chi connectivity index (χ1) is 21.2. The van der Waals surface area contributed by atoms with E-state index in [1.807, 2.05) is 30.3 Å². The van der Waals surface area contributed by atoms with Gasteiger partial charge in [-0.05, 0) is 53.4 Å². The number of hydrogen-bond donors (Lipinski definition) is 2. The molecular formula is C34H36FN3O5S. The van der Waals surface area contributed by atoms with Crippen LogP contribution >= 0.6 is 0 Å². The predicted octanol–water partition coefficient (Wildman–Crippen LogP) is 5.15. The number of amides is 2. The van der Waals surface area contributed by atoms with Crippen LogP contribution in [0.25, 0.3) is 0 Å². The van der Waals surface area contributed by atoms with Crippen molar-refractivity contribution >= 4 is 21.8 Å². The number of methoxy groups -OCH3 is 1. The molecule has 0 aliphatic heterocycles. The molecule has 0 radical (unpaired) electrons. The highest BCUT2D eigenvalue weighted by Crippen LogP contribution is 2.26. The topological polar surface area (TPSA) is 105 Å². The van der Waals surface area contributed by atoms with E-state index in [4.69, 9.17) is 4.74 Å². The van der Waals surface area contributed by atoms with Crippen LogP contribution in [-0.4, -0.2) is 38.8 Å². The molecule has 2 amide bonds. The molecule has 4 aromatic rings. The number of nitrogens with one attached hydrogen (secondary N) is 2. The van der Waals surface area contributed by atoms with Gasteiger partial charge in [0, 0.05) is 31.6 Å². The summed E-state index contributed by atoms with van der Waals surface area (Å²) in [5, 5.41) is 2.97. The molecule has 8 nitrogen and oxygen atoms in total. The van der Waals surface area contributed by atoms with Gasteiger partial charge in [0.15, 0.2) is 0 Å². The molecule has 1 atom stereocenters. The zero-order valence-electron chi connectivity index (χ0n) is 24.7. The van der Waals surface area contributed by atoms with E-state index in [1.165, 1.54) is 29.2 Å². The summed E-state index contributed by atoms with van der Waals surface area (Å²) in [7, 11) is -2.03. The van der Waals surface area contributed by atoms with E-state index in [0.29, 0.717) is 23.3 Å². The van der Waals surface area contributed by atoms with E-state index < -0.39 is 21.9 Å². The van der Waals surface area contributed by atoms with Gasteiger partial charge in [0.05, 0.1) is 12.0 Å². The zero-order valence-corrected chi connectivity index (χ0v) is 25.5. The maximum absolute atomic E-state index is 13.9. The van der Waals surface area contributed by atoms with Crippen molar-refractivity contribution in [2.75, 3.05) is 13.7 Å². The molecule has 10 heteroatoms. The van der Waals surface area contributed by atoms with E-state index in [-0.39, 0.29) is 42.8 Å². The molecule has 4 rings (SSSR count). The SMILES string of the molecule is CCNS(=O)(=O)c1ccc(CCC(=O)N(Cc2ccc(F)cc2)C(C(=O)NCc2ccccc2OC)c2ccccc2)cc1. The van der Waals surface area contributed by atoms with E-state index in [9.17, 15) is 22.4 Å². The number of nitrogens with zero attached hydrogens (tertiary/aromatic N) is 1. The van der Waals surface area contributed by atoms with Gasteiger partial charge in [-0.2, -0.15) is 0 Å². The van der Waals surface area contributed by atoms with Crippen LogP contribution in [-0.2, 0) is 39.1 Å². The molecule has 0 saturated heterocycles. The minimum absolute atomic E-state index is 0.0591. The molecule has 0 aliphatic carbocycles. The first-order valence-corrected chi connectivity index (χ1v) is 15.8. The lowest BCUT2D eigenvalue weighted by atomic mass is 10.0.